The molecule has 0 heterocycles. The third kappa shape index (κ3) is 5.18. The predicted octanol–water partition coefficient (Wildman–Crippen LogP) is 1.35. The van der Waals surface area contributed by atoms with Crippen molar-refractivity contribution in [2.45, 2.75) is 37.7 Å². The summed E-state index contributed by atoms with van der Waals surface area (Å²) in [5, 5.41) is 10.2. The fraction of sp³-hybridized carbons (Fsp3) is 0.571. The molecule has 0 saturated carbocycles. The Bertz CT molecular complexity index is 583. The number of rotatable bonds is 7. The van der Waals surface area contributed by atoms with Crippen LogP contribution in [-0.4, -0.2) is 32.8 Å². The molecular formula is C14H24N2O4S. The highest BCUT2D eigenvalue weighted by Gasteiger charge is 2.25. The minimum absolute atomic E-state index is 0.0427. The number of sulfonamides is 1. The van der Waals surface area contributed by atoms with E-state index in [1.807, 2.05) is 13.8 Å². The Balaban J connectivity index is 2.85. The van der Waals surface area contributed by atoms with Gasteiger partial charge in [-0.15, -0.1) is 0 Å². The van der Waals surface area contributed by atoms with Crippen molar-refractivity contribution in [2.24, 2.45) is 5.92 Å². The predicted molar refractivity (Wildman–Crippen MR) is 82.7 cm³/mol. The van der Waals surface area contributed by atoms with Crippen LogP contribution in [0.4, 0.5) is 5.69 Å². The van der Waals surface area contributed by atoms with Crippen LogP contribution in [0.15, 0.2) is 23.1 Å². The van der Waals surface area contributed by atoms with Gasteiger partial charge in [0.15, 0.2) is 0 Å². The molecule has 1 aromatic carbocycles. The number of hydrogen-bond donors (Lipinski definition) is 3. The molecular weight excluding hydrogens is 292 g/mol. The van der Waals surface area contributed by atoms with E-state index >= 15 is 0 Å². The molecule has 4 N–H and O–H groups in total. The topological polar surface area (TPSA) is 102 Å². The Morgan fingerprint density at radius 2 is 2.05 bits per heavy atom. The van der Waals surface area contributed by atoms with Crippen LogP contribution in [0, 0.1) is 5.92 Å². The molecule has 0 aliphatic carbocycles. The number of anilines is 1. The maximum atomic E-state index is 12.2. The Morgan fingerprint density at radius 3 is 2.52 bits per heavy atom. The zero-order chi connectivity index (χ0) is 16.3. The molecule has 0 bridgehead atoms. The van der Waals surface area contributed by atoms with Gasteiger partial charge in [0.2, 0.25) is 10.0 Å². The van der Waals surface area contributed by atoms with Crippen molar-refractivity contribution in [3.8, 4) is 5.75 Å². The minimum atomic E-state index is -3.72. The molecule has 0 saturated heterocycles. The van der Waals surface area contributed by atoms with Gasteiger partial charge in [-0.25, -0.2) is 13.1 Å². The van der Waals surface area contributed by atoms with Gasteiger partial charge in [-0.2, -0.15) is 0 Å². The summed E-state index contributed by atoms with van der Waals surface area (Å²) in [7, 11) is -2.26. The fourth-order valence-electron chi connectivity index (χ4n) is 2.17. The average Bonchev–Trinajstić information content (AvgIpc) is 2.35. The normalized spacial score (nSPS) is 15.0. The lowest BCUT2D eigenvalue weighted by Crippen LogP contribution is -2.41. The molecule has 1 atom stereocenters. The van der Waals surface area contributed by atoms with E-state index in [1.54, 1.807) is 6.92 Å². The summed E-state index contributed by atoms with van der Waals surface area (Å²) in [4.78, 5) is 0.0427. The molecule has 0 aromatic heterocycles. The standard InChI is InChI=1S/C14H24N2O4S/c1-10(2)8-14(3,17)9-16-21(18,19)11-5-6-13(20-4)12(15)7-11/h5-7,10,16-17H,8-9,15H2,1-4H3. The van der Waals surface area contributed by atoms with E-state index in [9.17, 15) is 13.5 Å². The maximum absolute atomic E-state index is 12.2. The lowest BCUT2D eigenvalue weighted by Gasteiger charge is -2.25. The summed E-state index contributed by atoms with van der Waals surface area (Å²) in [5.41, 5.74) is 4.86. The number of nitrogen functional groups attached to an aromatic ring is 1. The first kappa shape index (κ1) is 17.7. The van der Waals surface area contributed by atoms with Crippen LogP contribution in [0.3, 0.4) is 0 Å². The van der Waals surface area contributed by atoms with Crippen LogP contribution >= 0.6 is 0 Å². The highest BCUT2D eigenvalue weighted by molar-refractivity contribution is 7.89. The summed E-state index contributed by atoms with van der Waals surface area (Å²) in [6.45, 7) is 5.48. The third-order valence-electron chi connectivity index (χ3n) is 3.00. The number of aliphatic hydroxyl groups is 1. The van der Waals surface area contributed by atoms with Gasteiger partial charge < -0.3 is 15.6 Å². The van der Waals surface area contributed by atoms with Crippen LogP contribution < -0.4 is 15.2 Å². The minimum Gasteiger partial charge on any atom is -0.495 e. The van der Waals surface area contributed by atoms with E-state index in [0.29, 0.717) is 12.2 Å². The van der Waals surface area contributed by atoms with Crippen molar-refractivity contribution in [2.75, 3.05) is 19.4 Å². The first-order chi connectivity index (χ1) is 9.57. The van der Waals surface area contributed by atoms with Crippen molar-refractivity contribution in [1.82, 2.24) is 4.72 Å². The van der Waals surface area contributed by atoms with Crippen LogP contribution in [0.2, 0.25) is 0 Å². The molecule has 1 unspecified atom stereocenters. The summed E-state index contributed by atoms with van der Waals surface area (Å²) >= 11 is 0. The molecule has 21 heavy (non-hydrogen) atoms. The number of benzene rings is 1. The average molecular weight is 316 g/mol. The van der Waals surface area contributed by atoms with Gasteiger partial charge in [0.05, 0.1) is 23.3 Å². The molecule has 1 aromatic rings. The summed E-state index contributed by atoms with van der Waals surface area (Å²) < 4.78 is 31.8. The molecule has 0 aliphatic heterocycles. The highest BCUT2D eigenvalue weighted by atomic mass is 32.2. The molecule has 6 nitrogen and oxygen atoms in total. The molecule has 0 amide bonds. The quantitative estimate of drug-likeness (QED) is 0.659. The van der Waals surface area contributed by atoms with E-state index in [2.05, 4.69) is 4.72 Å². The van der Waals surface area contributed by atoms with E-state index in [-0.39, 0.29) is 23.0 Å². The molecule has 0 radical (unpaired) electrons. The Morgan fingerprint density at radius 1 is 1.43 bits per heavy atom. The monoisotopic (exact) mass is 316 g/mol. The van der Waals surface area contributed by atoms with Crippen molar-refractivity contribution >= 4 is 15.7 Å². The van der Waals surface area contributed by atoms with Gasteiger partial charge in [-0.3, -0.25) is 0 Å². The van der Waals surface area contributed by atoms with Crippen molar-refractivity contribution in [3.63, 3.8) is 0 Å². The number of ether oxygens (including phenoxy) is 1. The smallest absolute Gasteiger partial charge is 0.240 e. The van der Waals surface area contributed by atoms with Crippen molar-refractivity contribution in [1.29, 1.82) is 0 Å². The van der Waals surface area contributed by atoms with Gasteiger partial charge in [0, 0.05) is 6.54 Å². The van der Waals surface area contributed by atoms with Crippen LogP contribution in [-0.2, 0) is 10.0 Å². The molecule has 120 valence electrons. The Kier molecular flexibility index (Phi) is 5.61. The second kappa shape index (κ2) is 6.64. The van der Waals surface area contributed by atoms with Gasteiger partial charge in [0.25, 0.3) is 0 Å². The Labute approximate surface area is 126 Å². The van der Waals surface area contributed by atoms with Gasteiger partial charge in [0.1, 0.15) is 5.75 Å². The molecule has 0 aliphatic rings. The van der Waals surface area contributed by atoms with Crippen LogP contribution in [0.25, 0.3) is 0 Å². The number of nitrogens with two attached hydrogens (primary N) is 1. The lowest BCUT2D eigenvalue weighted by molar-refractivity contribution is 0.0437. The van der Waals surface area contributed by atoms with Crippen molar-refractivity contribution < 1.29 is 18.3 Å². The van der Waals surface area contributed by atoms with Crippen LogP contribution in [0.1, 0.15) is 27.2 Å². The van der Waals surface area contributed by atoms with E-state index in [4.69, 9.17) is 10.5 Å². The maximum Gasteiger partial charge on any atom is 0.240 e. The zero-order valence-corrected chi connectivity index (χ0v) is 13.7. The van der Waals surface area contributed by atoms with Gasteiger partial charge in [-0.1, -0.05) is 13.8 Å². The van der Waals surface area contributed by atoms with Gasteiger partial charge in [-0.05, 0) is 37.5 Å². The second-order valence-electron chi connectivity index (χ2n) is 5.82. The van der Waals surface area contributed by atoms with Crippen LogP contribution in [0.5, 0.6) is 5.75 Å². The largest absolute Gasteiger partial charge is 0.495 e. The summed E-state index contributed by atoms with van der Waals surface area (Å²) in [6, 6.07) is 4.24. The Hall–Kier alpha value is -1.31. The van der Waals surface area contributed by atoms with Gasteiger partial charge >= 0.3 is 0 Å². The number of hydrogen-bond acceptors (Lipinski definition) is 5. The second-order valence-corrected chi connectivity index (χ2v) is 7.59. The number of methoxy groups -OCH3 is 1. The van der Waals surface area contributed by atoms with E-state index in [0.717, 1.165) is 0 Å². The zero-order valence-electron chi connectivity index (χ0n) is 12.9. The number of nitrogens with one attached hydrogen (secondary N) is 1. The summed E-state index contributed by atoms with van der Waals surface area (Å²) in [6.07, 6.45) is 0.500. The molecule has 7 heteroatoms. The van der Waals surface area contributed by atoms with E-state index < -0.39 is 15.6 Å². The molecule has 1 rings (SSSR count). The highest BCUT2D eigenvalue weighted by Crippen LogP contribution is 2.24. The lowest BCUT2D eigenvalue weighted by atomic mass is 9.95. The van der Waals surface area contributed by atoms with Crippen molar-refractivity contribution in [3.05, 3.63) is 18.2 Å². The first-order valence-corrected chi connectivity index (χ1v) is 8.21. The SMILES string of the molecule is COc1ccc(S(=O)(=O)NCC(C)(O)CC(C)C)cc1N. The van der Waals surface area contributed by atoms with E-state index in [1.165, 1.54) is 25.3 Å². The molecule has 0 spiro atoms. The fourth-order valence-corrected chi connectivity index (χ4v) is 3.36. The third-order valence-corrected chi connectivity index (χ3v) is 4.40. The summed E-state index contributed by atoms with van der Waals surface area (Å²) in [5.74, 6) is 0.682. The first-order valence-electron chi connectivity index (χ1n) is 6.73. The molecule has 0 fully saturated rings.